The lowest BCUT2D eigenvalue weighted by atomic mass is 10.2. The molecule has 0 amide bonds. The Hall–Kier alpha value is -1.09. The van der Waals surface area contributed by atoms with Crippen molar-refractivity contribution in [3.05, 3.63) is 23.9 Å². The van der Waals surface area contributed by atoms with Crippen LogP contribution in [0, 0.1) is 6.92 Å². The molecule has 0 aromatic carbocycles. The lowest BCUT2D eigenvalue weighted by Gasteiger charge is -2.11. The number of nitrogens with zero attached hydrogens (tertiary/aromatic N) is 1. The van der Waals surface area contributed by atoms with E-state index in [0.29, 0.717) is 6.04 Å². The van der Waals surface area contributed by atoms with E-state index in [0.717, 1.165) is 18.9 Å². The quantitative estimate of drug-likeness (QED) is 0.712. The molecule has 1 fully saturated rings. The second-order valence-electron chi connectivity index (χ2n) is 3.55. The number of aromatic nitrogens is 1. The standard InChI is InChI=1S/C10H15N3/c1-8-2-3-10(12-6-8)13-9-4-5-11-7-9/h2-3,6,9,11H,4-5,7H2,1H3,(H,12,13)/t9-/m0/s1. The predicted molar refractivity (Wildman–Crippen MR) is 53.9 cm³/mol. The van der Waals surface area contributed by atoms with Crippen molar-refractivity contribution < 1.29 is 0 Å². The predicted octanol–water partition coefficient (Wildman–Crippen LogP) is 1.16. The van der Waals surface area contributed by atoms with Crippen LogP contribution < -0.4 is 10.6 Å². The number of nitrogens with one attached hydrogen (secondary N) is 2. The maximum atomic E-state index is 4.30. The summed E-state index contributed by atoms with van der Waals surface area (Å²) >= 11 is 0. The highest BCUT2D eigenvalue weighted by atomic mass is 15.1. The van der Waals surface area contributed by atoms with E-state index in [-0.39, 0.29) is 0 Å². The molecule has 1 atom stereocenters. The zero-order chi connectivity index (χ0) is 9.10. The van der Waals surface area contributed by atoms with Crippen molar-refractivity contribution >= 4 is 5.82 Å². The van der Waals surface area contributed by atoms with Crippen molar-refractivity contribution in [2.45, 2.75) is 19.4 Å². The Bertz CT molecular complexity index is 262. The minimum Gasteiger partial charge on any atom is -0.366 e. The van der Waals surface area contributed by atoms with Gasteiger partial charge in [0.1, 0.15) is 5.82 Å². The molecule has 3 nitrogen and oxygen atoms in total. The van der Waals surface area contributed by atoms with Crippen LogP contribution in [0.15, 0.2) is 18.3 Å². The van der Waals surface area contributed by atoms with E-state index < -0.39 is 0 Å². The molecule has 0 radical (unpaired) electrons. The summed E-state index contributed by atoms with van der Waals surface area (Å²) in [4.78, 5) is 4.30. The van der Waals surface area contributed by atoms with Crippen LogP contribution in [0.25, 0.3) is 0 Å². The monoisotopic (exact) mass is 177 g/mol. The van der Waals surface area contributed by atoms with Crippen LogP contribution in [0.5, 0.6) is 0 Å². The zero-order valence-electron chi connectivity index (χ0n) is 7.88. The number of hydrogen-bond donors (Lipinski definition) is 2. The number of aryl methyl sites for hydroxylation is 1. The van der Waals surface area contributed by atoms with Crippen molar-refractivity contribution in [2.24, 2.45) is 0 Å². The maximum Gasteiger partial charge on any atom is 0.126 e. The Kier molecular flexibility index (Phi) is 2.45. The average Bonchev–Trinajstić information content (AvgIpc) is 2.62. The summed E-state index contributed by atoms with van der Waals surface area (Å²) in [6.45, 7) is 4.22. The number of rotatable bonds is 2. The summed E-state index contributed by atoms with van der Waals surface area (Å²) in [5.74, 6) is 0.985. The lowest BCUT2D eigenvalue weighted by Crippen LogP contribution is -2.22. The molecule has 1 saturated heterocycles. The largest absolute Gasteiger partial charge is 0.366 e. The molecule has 2 heterocycles. The molecule has 2 rings (SSSR count). The minimum absolute atomic E-state index is 0.551. The second-order valence-corrected chi connectivity index (χ2v) is 3.55. The molecule has 13 heavy (non-hydrogen) atoms. The minimum atomic E-state index is 0.551. The summed E-state index contributed by atoms with van der Waals surface area (Å²) in [5, 5.41) is 6.71. The summed E-state index contributed by atoms with van der Waals surface area (Å²) in [6.07, 6.45) is 3.08. The molecule has 0 aliphatic carbocycles. The normalized spacial score (nSPS) is 21.8. The van der Waals surface area contributed by atoms with Gasteiger partial charge in [-0.3, -0.25) is 0 Å². The molecule has 1 aromatic heterocycles. The van der Waals surface area contributed by atoms with E-state index in [1.165, 1.54) is 12.0 Å². The first-order valence-corrected chi connectivity index (χ1v) is 4.74. The smallest absolute Gasteiger partial charge is 0.126 e. The first kappa shape index (κ1) is 8.51. The number of pyridine rings is 1. The van der Waals surface area contributed by atoms with E-state index >= 15 is 0 Å². The average molecular weight is 177 g/mol. The van der Waals surface area contributed by atoms with Gasteiger partial charge in [0.25, 0.3) is 0 Å². The van der Waals surface area contributed by atoms with Gasteiger partial charge < -0.3 is 10.6 Å². The van der Waals surface area contributed by atoms with Gasteiger partial charge in [-0.05, 0) is 31.5 Å². The molecular formula is C10H15N3. The summed E-state index contributed by atoms with van der Waals surface area (Å²) in [7, 11) is 0. The van der Waals surface area contributed by atoms with Crippen molar-refractivity contribution in [1.29, 1.82) is 0 Å². The molecule has 3 heteroatoms. The van der Waals surface area contributed by atoms with Gasteiger partial charge in [-0.2, -0.15) is 0 Å². The fourth-order valence-electron chi connectivity index (χ4n) is 1.54. The van der Waals surface area contributed by atoms with Crippen LogP contribution in [0.4, 0.5) is 5.82 Å². The molecule has 2 N–H and O–H groups in total. The van der Waals surface area contributed by atoms with E-state index in [4.69, 9.17) is 0 Å². The SMILES string of the molecule is Cc1ccc(N[C@H]2CCNC2)nc1. The first-order chi connectivity index (χ1) is 6.34. The third-order valence-electron chi connectivity index (χ3n) is 2.32. The highest BCUT2D eigenvalue weighted by molar-refractivity contribution is 5.36. The number of anilines is 1. The van der Waals surface area contributed by atoms with Crippen molar-refractivity contribution in [3.8, 4) is 0 Å². The topological polar surface area (TPSA) is 37.0 Å². The molecule has 1 aliphatic heterocycles. The van der Waals surface area contributed by atoms with Crippen LogP contribution >= 0.6 is 0 Å². The van der Waals surface area contributed by atoms with Crippen molar-refractivity contribution in [3.63, 3.8) is 0 Å². The van der Waals surface area contributed by atoms with Crippen LogP contribution in [0.2, 0.25) is 0 Å². The van der Waals surface area contributed by atoms with E-state index in [1.807, 2.05) is 19.2 Å². The number of hydrogen-bond acceptors (Lipinski definition) is 3. The Labute approximate surface area is 78.6 Å². The molecule has 1 aromatic rings. The highest BCUT2D eigenvalue weighted by Gasteiger charge is 2.13. The van der Waals surface area contributed by atoms with Gasteiger partial charge in [-0.15, -0.1) is 0 Å². The third kappa shape index (κ3) is 2.18. The molecule has 70 valence electrons. The van der Waals surface area contributed by atoms with Crippen LogP contribution in [-0.2, 0) is 0 Å². The third-order valence-corrected chi connectivity index (χ3v) is 2.32. The van der Waals surface area contributed by atoms with E-state index in [2.05, 4.69) is 21.7 Å². The summed E-state index contributed by atoms with van der Waals surface area (Å²) < 4.78 is 0. The molecule has 0 bridgehead atoms. The van der Waals surface area contributed by atoms with Crippen molar-refractivity contribution in [2.75, 3.05) is 18.4 Å². The molecule has 1 aliphatic rings. The zero-order valence-corrected chi connectivity index (χ0v) is 7.88. The fraction of sp³-hybridized carbons (Fsp3) is 0.500. The highest BCUT2D eigenvalue weighted by Crippen LogP contribution is 2.08. The van der Waals surface area contributed by atoms with Gasteiger partial charge in [0.05, 0.1) is 0 Å². The van der Waals surface area contributed by atoms with E-state index in [1.54, 1.807) is 0 Å². The van der Waals surface area contributed by atoms with Gasteiger partial charge >= 0.3 is 0 Å². The lowest BCUT2D eigenvalue weighted by molar-refractivity contribution is 0.788. The Balaban J connectivity index is 1.97. The van der Waals surface area contributed by atoms with Crippen molar-refractivity contribution in [1.82, 2.24) is 10.3 Å². The Morgan fingerprint density at radius 2 is 2.46 bits per heavy atom. The van der Waals surface area contributed by atoms with Crippen LogP contribution in [0.1, 0.15) is 12.0 Å². The van der Waals surface area contributed by atoms with Crippen LogP contribution in [-0.4, -0.2) is 24.1 Å². The first-order valence-electron chi connectivity index (χ1n) is 4.74. The Morgan fingerprint density at radius 1 is 1.54 bits per heavy atom. The summed E-state index contributed by atoms with van der Waals surface area (Å²) in [5.41, 5.74) is 1.20. The second kappa shape index (κ2) is 3.75. The molecular weight excluding hydrogens is 162 g/mol. The Morgan fingerprint density at radius 3 is 3.08 bits per heavy atom. The molecule has 0 saturated carbocycles. The van der Waals surface area contributed by atoms with Gasteiger partial charge in [0, 0.05) is 18.8 Å². The summed E-state index contributed by atoms with van der Waals surface area (Å²) in [6, 6.07) is 4.67. The van der Waals surface area contributed by atoms with E-state index in [9.17, 15) is 0 Å². The molecule has 0 spiro atoms. The van der Waals surface area contributed by atoms with Gasteiger partial charge in [0.15, 0.2) is 0 Å². The van der Waals surface area contributed by atoms with Gasteiger partial charge in [-0.1, -0.05) is 6.07 Å². The van der Waals surface area contributed by atoms with Crippen LogP contribution in [0.3, 0.4) is 0 Å². The van der Waals surface area contributed by atoms with Gasteiger partial charge in [-0.25, -0.2) is 4.98 Å². The van der Waals surface area contributed by atoms with Gasteiger partial charge in [0.2, 0.25) is 0 Å². The molecule has 0 unspecified atom stereocenters. The maximum absolute atomic E-state index is 4.30. The fourth-order valence-corrected chi connectivity index (χ4v) is 1.54.